The lowest BCUT2D eigenvalue weighted by molar-refractivity contribution is 0.0240. The van der Waals surface area contributed by atoms with Crippen LogP contribution in [0.1, 0.15) is 108 Å². The Hall–Kier alpha value is -1.55. The third-order valence-corrected chi connectivity index (χ3v) is 10.8. The lowest BCUT2D eigenvalue weighted by atomic mass is 9.70. The highest BCUT2D eigenvalue weighted by atomic mass is 16.5. The maximum atomic E-state index is 13.2. The number of aryl methyl sites for hydroxylation is 1. The van der Waals surface area contributed by atoms with Gasteiger partial charge >= 0.3 is 6.09 Å². The summed E-state index contributed by atoms with van der Waals surface area (Å²) in [5, 5.41) is 0. The zero-order chi connectivity index (χ0) is 26.2. The summed E-state index contributed by atoms with van der Waals surface area (Å²) in [5.41, 5.74) is 1.49. The molecule has 0 N–H and O–H groups in total. The van der Waals surface area contributed by atoms with Gasteiger partial charge in [-0.3, -0.25) is 0 Å². The van der Waals surface area contributed by atoms with Crippen LogP contribution in [0.2, 0.25) is 0 Å². The summed E-state index contributed by atoms with van der Waals surface area (Å²) in [7, 11) is 1.60. The molecule has 4 heteroatoms. The summed E-state index contributed by atoms with van der Waals surface area (Å²) in [6.07, 6.45) is 22.3. The van der Waals surface area contributed by atoms with Crippen LogP contribution in [-0.4, -0.2) is 54.7 Å². The molecule has 0 bridgehead atoms. The number of piperidine rings is 1. The Labute approximate surface area is 232 Å². The Morgan fingerprint density at radius 2 is 1.61 bits per heavy atom. The van der Waals surface area contributed by atoms with Gasteiger partial charge in [0.15, 0.2) is 0 Å². The molecule has 38 heavy (non-hydrogen) atoms. The van der Waals surface area contributed by atoms with Crippen LogP contribution in [0.3, 0.4) is 0 Å². The fourth-order valence-corrected chi connectivity index (χ4v) is 8.79. The molecule has 4 fully saturated rings. The van der Waals surface area contributed by atoms with Gasteiger partial charge in [-0.05, 0) is 100 Å². The Morgan fingerprint density at radius 3 is 2.37 bits per heavy atom. The molecule has 1 heterocycles. The van der Waals surface area contributed by atoms with E-state index in [4.69, 9.17) is 4.74 Å². The lowest BCUT2D eigenvalue weighted by Crippen LogP contribution is -2.52. The van der Waals surface area contributed by atoms with Crippen LogP contribution in [0.25, 0.3) is 0 Å². The molecule has 1 aromatic rings. The lowest BCUT2D eigenvalue weighted by Gasteiger charge is -2.46. The van der Waals surface area contributed by atoms with Crippen molar-refractivity contribution >= 4 is 6.09 Å². The molecule has 212 valence electrons. The van der Waals surface area contributed by atoms with Crippen molar-refractivity contribution in [3.05, 3.63) is 35.9 Å². The average molecular weight is 523 g/mol. The molecule has 4 atom stereocenters. The first-order valence-corrected chi connectivity index (χ1v) is 16.3. The number of hydrogen-bond donors (Lipinski definition) is 0. The second kappa shape index (κ2) is 14.2. The molecule has 1 aromatic carbocycles. The SMILES string of the molecule is COC(=O)N(C1CCC(CN2CCC(CCCc3ccccc3)CC2)C1)C1CCCCC1C1CCCCC1. The Morgan fingerprint density at radius 1 is 0.868 bits per heavy atom. The van der Waals surface area contributed by atoms with E-state index in [-0.39, 0.29) is 6.09 Å². The molecular formula is C34H54N2O2. The molecule has 1 amide bonds. The first kappa shape index (κ1) is 28.0. The van der Waals surface area contributed by atoms with Gasteiger partial charge < -0.3 is 14.5 Å². The third-order valence-electron chi connectivity index (χ3n) is 10.8. The van der Waals surface area contributed by atoms with Gasteiger partial charge in [-0.25, -0.2) is 4.79 Å². The Kier molecular flexibility index (Phi) is 10.5. The molecule has 3 saturated carbocycles. The minimum atomic E-state index is -0.0420. The minimum absolute atomic E-state index is 0.0420. The van der Waals surface area contributed by atoms with Gasteiger partial charge in [-0.2, -0.15) is 0 Å². The van der Waals surface area contributed by atoms with Gasteiger partial charge in [0, 0.05) is 18.6 Å². The molecule has 0 radical (unpaired) electrons. The Bertz CT molecular complexity index is 830. The quantitative estimate of drug-likeness (QED) is 0.328. The molecule has 0 spiro atoms. The van der Waals surface area contributed by atoms with Gasteiger partial charge in [-0.15, -0.1) is 0 Å². The van der Waals surface area contributed by atoms with Crippen LogP contribution < -0.4 is 0 Å². The van der Waals surface area contributed by atoms with Crippen LogP contribution in [0, 0.1) is 23.7 Å². The maximum absolute atomic E-state index is 13.2. The fourth-order valence-electron chi connectivity index (χ4n) is 8.79. The third kappa shape index (κ3) is 7.34. The normalized spacial score (nSPS) is 29.8. The van der Waals surface area contributed by atoms with Crippen molar-refractivity contribution < 1.29 is 9.53 Å². The summed E-state index contributed by atoms with van der Waals surface area (Å²) < 4.78 is 5.45. The number of carbonyl (C=O) groups excluding carboxylic acids is 1. The van der Waals surface area contributed by atoms with Gasteiger partial charge in [0.25, 0.3) is 0 Å². The van der Waals surface area contributed by atoms with Crippen LogP contribution in [0.4, 0.5) is 4.79 Å². The highest BCUT2D eigenvalue weighted by Gasteiger charge is 2.43. The van der Waals surface area contributed by atoms with E-state index in [0.29, 0.717) is 18.0 Å². The van der Waals surface area contributed by atoms with E-state index in [2.05, 4.69) is 40.1 Å². The molecular weight excluding hydrogens is 468 g/mol. The van der Waals surface area contributed by atoms with Crippen molar-refractivity contribution in [1.82, 2.24) is 9.80 Å². The molecule has 5 rings (SSSR count). The van der Waals surface area contributed by atoms with E-state index in [1.165, 1.54) is 134 Å². The summed E-state index contributed by atoms with van der Waals surface area (Å²) in [4.78, 5) is 18.3. The van der Waals surface area contributed by atoms with Crippen LogP contribution >= 0.6 is 0 Å². The largest absolute Gasteiger partial charge is 0.453 e. The van der Waals surface area contributed by atoms with E-state index in [9.17, 15) is 4.79 Å². The zero-order valence-electron chi connectivity index (χ0n) is 24.2. The summed E-state index contributed by atoms with van der Waals surface area (Å²) in [6, 6.07) is 11.8. The highest BCUT2D eigenvalue weighted by molar-refractivity contribution is 5.68. The van der Waals surface area contributed by atoms with Crippen molar-refractivity contribution in [2.24, 2.45) is 23.7 Å². The van der Waals surface area contributed by atoms with Gasteiger partial charge in [0.2, 0.25) is 0 Å². The van der Waals surface area contributed by atoms with Crippen LogP contribution in [0.15, 0.2) is 30.3 Å². The molecule has 1 saturated heterocycles. The van der Waals surface area contributed by atoms with Crippen LogP contribution in [0.5, 0.6) is 0 Å². The number of benzene rings is 1. The number of nitrogens with zero attached hydrogens (tertiary/aromatic N) is 2. The van der Waals surface area contributed by atoms with E-state index < -0.39 is 0 Å². The van der Waals surface area contributed by atoms with E-state index in [1.807, 2.05) is 0 Å². The molecule has 4 unspecified atom stereocenters. The van der Waals surface area contributed by atoms with Crippen molar-refractivity contribution in [2.75, 3.05) is 26.7 Å². The standard InChI is InChI=1S/C34H54N2O2/c1-38-34(37)36(33-18-9-8-17-32(33)30-15-6-3-7-16-30)31-20-19-29(25-31)26-35-23-21-28(22-24-35)14-10-13-27-11-4-2-5-12-27/h2,4-5,11-12,28-33H,3,6-10,13-26H2,1H3. The number of rotatable bonds is 9. The molecule has 4 aliphatic rings. The first-order chi connectivity index (χ1) is 18.7. The predicted octanol–water partition coefficient (Wildman–Crippen LogP) is 8.10. The van der Waals surface area contributed by atoms with Crippen molar-refractivity contribution in [1.29, 1.82) is 0 Å². The van der Waals surface area contributed by atoms with Gasteiger partial charge in [0.1, 0.15) is 0 Å². The van der Waals surface area contributed by atoms with Gasteiger partial charge in [-0.1, -0.05) is 81.7 Å². The number of hydrogen-bond acceptors (Lipinski definition) is 3. The number of likely N-dealkylation sites (tertiary alicyclic amines) is 1. The van der Waals surface area contributed by atoms with Gasteiger partial charge in [0.05, 0.1) is 7.11 Å². The average Bonchev–Trinajstić information content (AvgIpc) is 3.43. The summed E-state index contributed by atoms with van der Waals surface area (Å²) in [6.45, 7) is 3.77. The van der Waals surface area contributed by atoms with Crippen molar-refractivity contribution in [3.8, 4) is 0 Å². The fraction of sp³-hybridized carbons (Fsp3) is 0.794. The minimum Gasteiger partial charge on any atom is -0.453 e. The van der Waals surface area contributed by atoms with Crippen LogP contribution in [-0.2, 0) is 11.2 Å². The van der Waals surface area contributed by atoms with Crippen molar-refractivity contribution in [3.63, 3.8) is 0 Å². The van der Waals surface area contributed by atoms with E-state index in [1.54, 1.807) is 7.11 Å². The zero-order valence-corrected chi connectivity index (χ0v) is 24.2. The Balaban J connectivity index is 1.09. The second-order valence-electron chi connectivity index (χ2n) is 13.2. The summed E-state index contributed by atoms with van der Waals surface area (Å²) >= 11 is 0. The summed E-state index contributed by atoms with van der Waals surface area (Å²) in [5.74, 6) is 3.16. The number of ether oxygens (including phenoxy) is 1. The maximum Gasteiger partial charge on any atom is 0.409 e. The number of methoxy groups -OCH3 is 1. The highest BCUT2D eigenvalue weighted by Crippen LogP contribution is 2.43. The van der Waals surface area contributed by atoms with E-state index >= 15 is 0 Å². The number of carbonyl (C=O) groups is 1. The smallest absolute Gasteiger partial charge is 0.409 e. The molecule has 1 aliphatic heterocycles. The van der Waals surface area contributed by atoms with Crippen molar-refractivity contribution in [2.45, 2.75) is 121 Å². The first-order valence-electron chi connectivity index (χ1n) is 16.3. The molecule has 0 aromatic heterocycles. The monoisotopic (exact) mass is 522 g/mol. The molecule has 4 nitrogen and oxygen atoms in total. The predicted molar refractivity (Wildman–Crippen MR) is 156 cm³/mol. The second-order valence-corrected chi connectivity index (χ2v) is 13.2. The molecule has 3 aliphatic carbocycles. The van der Waals surface area contributed by atoms with E-state index in [0.717, 1.165) is 17.8 Å². The number of amides is 1. The topological polar surface area (TPSA) is 32.8 Å².